The lowest BCUT2D eigenvalue weighted by molar-refractivity contribution is 0.0947. The number of rotatable bonds is 9. The molecule has 0 radical (unpaired) electrons. The summed E-state index contributed by atoms with van der Waals surface area (Å²) in [5.41, 5.74) is 0.844. The third kappa shape index (κ3) is 5.94. The number of hydrogen-bond donors (Lipinski definition) is 1. The van der Waals surface area contributed by atoms with Gasteiger partial charge in [-0.2, -0.15) is 0 Å². The van der Waals surface area contributed by atoms with Crippen molar-refractivity contribution < 1.29 is 26.4 Å². The van der Waals surface area contributed by atoms with E-state index < -0.39 is 20.0 Å². The molecule has 0 unspecified atom stereocenters. The predicted molar refractivity (Wildman–Crippen MR) is 115 cm³/mol. The van der Waals surface area contributed by atoms with Gasteiger partial charge in [-0.15, -0.1) is 0 Å². The largest absolute Gasteiger partial charge is 0.492 e. The number of anilines is 1. The number of nitrogens with zero attached hydrogens (tertiary/aromatic N) is 2. The second-order valence-electron chi connectivity index (χ2n) is 6.64. The van der Waals surface area contributed by atoms with Gasteiger partial charge in [0, 0.05) is 26.7 Å². The molecule has 2 rings (SSSR count). The molecular weight excluding hydrogens is 430 g/mol. The van der Waals surface area contributed by atoms with E-state index in [-0.39, 0.29) is 24.0 Å². The van der Waals surface area contributed by atoms with Gasteiger partial charge >= 0.3 is 0 Å². The van der Waals surface area contributed by atoms with Gasteiger partial charge in [-0.25, -0.2) is 21.1 Å². The van der Waals surface area contributed by atoms with E-state index in [1.807, 2.05) is 0 Å². The Morgan fingerprint density at radius 3 is 2.00 bits per heavy atom. The maximum Gasteiger partial charge on any atom is 0.251 e. The zero-order valence-electron chi connectivity index (χ0n) is 17.2. The molecule has 1 N–H and O–H groups in total. The summed E-state index contributed by atoms with van der Waals surface area (Å²) in [6.45, 7) is 0.433. The summed E-state index contributed by atoms with van der Waals surface area (Å²) in [4.78, 5) is 12.3. The lowest BCUT2D eigenvalue weighted by atomic mass is 10.2. The highest BCUT2D eigenvalue weighted by molar-refractivity contribution is 7.92. The van der Waals surface area contributed by atoms with Crippen LogP contribution < -0.4 is 14.4 Å². The second kappa shape index (κ2) is 9.45. The molecule has 0 saturated heterocycles. The van der Waals surface area contributed by atoms with Crippen LogP contribution in [0, 0.1) is 0 Å². The first kappa shape index (κ1) is 23.6. The first-order valence-corrected chi connectivity index (χ1v) is 12.2. The highest BCUT2D eigenvalue weighted by Crippen LogP contribution is 2.18. The topological polar surface area (TPSA) is 113 Å². The first-order valence-electron chi connectivity index (χ1n) is 8.90. The van der Waals surface area contributed by atoms with Crippen LogP contribution >= 0.6 is 0 Å². The second-order valence-corrected chi connectivity index (χ2v) is 10.8. The van der Waals surface area contributed by atoms with Crippen molar-refractivity contribution in [1.82, 2.24) is 9.62 Å². The quantitative estimate of drug-likeness (QED) is 0.568. The molecule has 0 saturated carbocycles. The molecule has 2 aromatic rings. The summed E-state index contributed by atoms with van der Waals surface area (Å²) >= 11 is 0. The molecule has 0 heterocycles. The average molecular weight is 456 g/mol. The molecule has 164 valence electrons. The Morgan fingerprint density at radius 1 is 0.933 bits per heavy atom. The summed E-state index contributed by atoms with van der Waals surface area (Å²) < 4.78 is 54.9. The molecule has 0 aliphatic rings. The Hall–Kier alpha value is -2.63. The molecular formula is C19H25N3O6S2. The van der Waals surface area contributed by atoms with Gasteiger partial charge in [0.1, 0.15) is 12.4 Å². The summed E-state index contributed by atoms with van der Waals surface area (Å²) in [5.74, 6) is 0.162. The molecule has 11 heteroatoms. The van der Waals surface area contributed by atoms with Crippen molar-refractivity contribution in [2.24, 2.45) is 0 Å². The molecule has 1 amide bonds. The van der Waals surface area contributed by atoms with Crippen LogP contribution in [0.4, 0.5) is 5.69 Å². The summed E-state index contributed by atoms with van der Waals surface area (Å²) in [5, 5.41) is 2.70. The summed E-state index contributed by atoms with van der Waals surface area (Å²) in [7, 11) is -2.51. The van der Waals surface area contributed by atoms with Gasteiger partial charge in [0.25, 0.3) is 5.91 Å². The minimum Gasteiger partial charge on any atom is -0.492 e. The Morgan fingerprint density at radius 2 is 1.50 bits per heavy atom. The smallest absolute Gasteiger partial charge is 0.251 e. The van der Waals surface area contributed by atoms with Gasteiger partial charge in [0.15, 0.2) is 0 Å². The standard InChI is InChI=1S/C19H25N3O6S2/c1-21(2)30(26,27)18-11-9-17(10-12-18)28-14-13-20-19(23)15-5-7-16(8-6-15)22(3)29(4,24)25/h5-12H,13-14H2,1-4H3,(H,20,23). The van der Waals surface area contributed by atoms with E-state index >= 15 is 0 Å². The molecule has 30 heavy (non-hydrogen) atoms. The van der Waals surface area contributed by atoms with Crippen molar-refractivity contribution in [3.8, 4) is 5.75 Å². The number of benzene rings is 2. The number of ether oxygens (including phenoxy) is 1. The molecule has 0 aromatic heterocycles. The Kier molecular flexibility index (Phi) is 7.45. The Balaban J connectivity index is 1.85. The monoisotopic (exact) mass is 455 g/mol. The van der Waals surface area contributed by atoms with Gasteiger partial charge < -0.3 is 10.1 Å². The fourth-order valence-corrected chi connectivity index (χ4v) is 3.77. The molecule has 0 bridgehead atoms. The number of amides is 1. The molecule has 0 aliphatic carbocycles. The van der Waals surface area contributed by atoms with E-state index in [0.29, 0.717) is 17.0 Å². The van der Waals surface area contributed by atoms with Crippen molar-refractivity contribution in [2.75, 3.05) is 44.9 Å². The van der Waals surface area contributed by atoms with Crippen LogP contribution in [0.2, 0.25) is 0 Å². The van der Waals surface area contributed by atoms with E-state index in [2.05, 4.69) is 5.32 Å². The molecule has 0 aliphatic heterocycles. The minimum absolute atomic E-state index is 0.165. The van der Waals surface area contributed by atoms with Crippen molar-refractivity contribution >= 4 is 31.6 Å². The molecule has 0 spiro atoms. The van der Waals surface area contributed by atoms with Crippen LogP contribution in [-0.4, -0.2) is 67.6 Å². The molecule has 0 fully saturated rings. The summed E-state index contributed by atoms with van der Waals surface area (Å²) in [6.07, 6.45) is 1.10. The lowest BCUT2D eigenvalue weighted by Crippen LogP contribution is -2.28. The van der Waals surface area contributed by atoms with Crippen LogP contribution in [0.3, 0.4) is 0 Å². The lowest BCUT2D eigenvalue weighted by Gasteiger charge is -2.16. The van der Waals surface area contributed by atoms with Crippen LogP contribution in [0.1, 0.15) is 10.4 Å². The van der Waals surface area contributed by atoms with E-state index in [0.717, 1.165) is 14.9 Å². The third-order valence-corrected chi connectivity index (χ3v) is 7.28. The van der Waals surface area contributed by atoms with Crippen LogP contribution in [0.15, 0.2) is 53.4 Å². The van der Waals surface area contributed by atoms with Gasteiger partial charge in [-0.1, -0.05) is 0 Å². The van der Waals surface area contributed by atoms with E-state index in [1.165, 1.54) is 45.4 Å². The average Bonchev–Trinajstić information content (AvgIpc) is 2.70. The van der Waals surface area contributed by atoms with Crippen molar-refractivity contribution in [3.05, 3.63) is 54.1 Å². The van der Waals surface area contributed by atoms with Crippen LogP contribution in [0.5, 0.6) is 5.75 Å². The maximum atomic E-state index is 12.2. The first-order chi connectivity index (χ1) is 13.9. The molecule has 2 aromatic carbocycles. The Bertz CT molecular complexity index is 1080. The normalized spacial score (nSPS) is 11.9. The van der Waals surface area contributed by atoms with Crippen molar-refractivity contribution in [1.29, 1.82) is 0 Å². The fraction of sp³-hybridized carbons (Fsp3) is 0.316. The fourth-order valence-electron chi connectivity index (χ4n) is 2.37. The predicted octanol–water partition coefficient (Wildman–Crippen LogP) is 1.14. The minimum atomic E-state index is -3.49. The SMILES string of the molecule is CN(c1ccc(C(=O)NCCOc2ccc(S(=O)(=O)N(C)C)cc2)cc1)S(C)(=O)=O. The van der Waals surface area contributed by atoms with E-state index in [9.17, 15) is 21.6 Å². The number of hydrogen-bond acceptors (Lipinski definition) is 6. The summed E-state index contributed by atoms with van der Waals surface area (Å²) in [6, 6.07) is 12.2. The van der Waals surface area contributed by atoms with Crippen LogP contribution in [-0.2, 0) is 20.0 Å². The highest BCUT2D eigenvalue weighted by atomic mass is 32.2. The van der Waals surface area contributed by atoms with E-state index in [4.69, 9.17) is 4.74 Å². The number of sulfonamides is 2. The highest BCUT2D eigenvalue weighted by Gasteiger charge is 2.16. The van der Waals surface area contributed by atoms with Crippen molar-refractivity contribution in [3.63, 3.8) is 0 Å². The van der Waals surface area contributed by atoms with Gasteiger partial charge in [-0.3, -0.25) is 9.10 Å². The number of carbonyl (C=O) groups is 1. The van der Waals surface area contributed by atoms with Crippen LogP contribution in [0.25, 0.3) is 0 Å². The van der Waals surface area contributed by atoms with Gasteiger partial charge in [-0.05, 0) is 48.5 Å². The van der Waals surface area contributed by atoms with Crippen molar-refractivity contribution in [2.45, 2.75) is 4.90 Å². The maximum absolute atomic E-state index is 12.2. The molecule has 0 atom stereocenters. The van der Waals surface area contributed by atoms with Gasteiger partial charge in [0.05, 0.1) is 23.4 Å². The zero-order valence-corrected chi connectivity index (χ0v) is 18.8. The third-order valence-electron chi connectivity index (χ3n) is 4.25. The van der Waals surface area contributed by atoms with Gasteiger partial charge in [0.2, 0.25) is 20.0 Å². The Labute approximate surface area is 177 Å². The zero-order chi connectivity index (χ0) is 22.5. The molecule has 9 nitrogen and oxygen atoms in total. The van der Waals surface area contributed by atoms with E-state index in [1.54, 1.807) is 24.3 Å². The number of nitrogens with one attached hydrogen (secondary N) is 1. The number of carbonyl (C=O) groups excluding carboxylic acids is 1.